The zero-order chi connectivity index (χ0) is 21.0. The first kappa shape index (κ1) is 21.1. The van der Waals surface area contributed by atoms with Crippen molar-refractivity contribution in [1.29, 1.82) is 0 Å². The largest absolute Gasteiger partial charge is 0.450 e. The third-order valence-electron chi connectivity index (χ3n) is 9.99. The van der Waals surface area contributed by atoms with Crippen LogP contribution in [0.4, 0.5) is 4.79 Å². The normalized spacial score (nSPS) is 48.9. The van der Waals surface area contributed by atoms with Crippen molar-refractivity contribution in [3.05, 3.63) is 0 Å². The van der Waals surface area contributed by atoms with Crippen molar-refractivity contribution >= 4 is 11.9 Å². The molecule has 4 aliphatic carbocycles. The molecule has 29 heavy (non-hydrogen) atoms. The van der Waals surface area contributed by atoms with Crippen molar-refractivity contribution in [1.82, 2.24) is 0 Å². The lowest BCUT2D eigenvalue weighted by Gasteiger charge is -2.60. The maximum atomic E-state index is 12.7. The standard InChI is InChI=1S/C24H39NO4/c1-14(26)21-15(8-11-29-22(25)28)12-20-18-5-4-16-13-17(27)6-9-23(16,2)19(18)7-10-24(20,21)3/h15-21,27H,4-13H2,1-3H3,(H2,25,28)/t15-,16+,17-,18-,19+,20+,21+,23+,24+/m1/s1. The van der Waals surface area contributed by atoms with Gasteiger partial charge in [0.15, 0.2) is 0 Å². The van der Waals surface area contributed by atoms with Gasteiger partial charge >= 0.3 is 6.09 Å². The van der Waals surface area contributed by atoms with Gasteiger partial charge in [-0.2, -0.15) is 0 Å². The molecular formula is C24H39NO4. The zero-order valence-corrected chi connectivity index (χ0v) is 18.4. The van der Waals surface area contributed by atoms with Crippen molar-refractivity contribution in [2.24, 2.45) is 52.1 Å². The lowest BCUT2D eigenvalue weighted by atomic mass is 9.44. The van der Waals surface area contributed by atoms with Crippen LogP contribution in [0, 0.1) is 46.3 Å². The molecule has 0 aliphatic heterocycles. The van der Waals surface area contributed by atoms with E-state index in [2.05, 4.69) is 13.8 Å². The Morgan fingerprint density at radius 2 is 1.76 bits per heavy atom. The van der Waals surface area contributed by atoms with Crippen molar-refractivity contribution in [2.45, 2.75) is 84.7 Å². The van der Waals surface area contributed by atoms with Gasteiger partial charge in [0.05, 0.1) is 12.7 Å². The third kappa shape index (κ3) is 3.41. The van der Waals surface area contributed by atoms with Gasteiger partial charge in [0.2, 0.25) is 0 Å². The molecule has 0 aromatic rings. The molecule has 4 aliphatic rings. The molecule has 0 aromatic carbocycles. The molecule has 164 valence electrons. The van der Waals surface area contributed by atoms with Crippen LogP contribution in [0.2, 0.25) is 0 Å². The summed E-state index contributed by atoms with van der Waals surface area (Å²) in [5.74, 6) is 3.32. The summed E-state index contributed by atoms with van der Waals surface area (Å²) in [6.07, 6.45) is 8.86. The minimum absolute atomic E-state index is 0.0712. The smallest absolute Gasteiger partial charge is 0.404 e. The lowest BCUT2D eigenvalue weighted by Crippen LogP contribution is -2.54. The van der Waals surface area contributed by atoms with Gasteiger partial charge in [0.25, 0.3) is 0 Å². The first-order valence-corrected chi connectivity index (χ1v) is 11.8. The zero-order valence-electron chi connectivity index (χ0n) is 18.4. The van der Waals surface area contributed by atoms with E-state index in [1.165, 1.54) is 19.3 Å². The van der Waals surface area contributed by atoms with Crippen LogP contribution in [0.1, 0.15) is 78.6 Å². The molecule has 0 spiro atoms. The van der Waals surface area contributed by atoms with E-state index in [0.29, 0.717) is 41.5 Å². The molecule has 0 unspecified atom stereocenters. The van der Waals surface area contributed by atoms with Gasteiger partial charge in [-0.1, -0.05) is 13.8 Å². The second-order valence-electron chi connectivity index (χ2n) is 11.2. The fourth-order valence-electron chi connectivity index (χ4n) is 8.81. The molecule has 0 heterocycles. The molecule has 3 N–H and O–H groups in total. The number of amides is 1. The number of ether oxygens (including phenoxy) is 1. The number of aliphatic hydroxyl groups excluding tert-OH is 1. The molecule has 0 bridgehead atoms. The Hall–Kier alpha value is -1.10. The van der Waals surface area contributed by atoms with Gasteiger partial charge in [0.1, 0.15) is 5.78 Å². The predicted molar refractivity (Wildman–Crippen MR) is 111 cm³/mol. The van der Waals surface area contributed by atoms with Gasteiger partial charge in [0, 0.05) is 5.92 Å². The SMILES string of the molecule is CC(=O)[C@H]1[C@H](CCOC(N)=O)C[C@H]2[C@@H]3CC[C@H]4C[C@H](O)CC[C@]4(C)[C@H]3CC[C@@]21C. The van der Waals surface area contributed by atoms with Crippen molar-refractivity contribution in [2.75, 3.05) is 6.61 Å². The van der Waals surface area contributed by atoms with Crippen LogP contribution in [0.5, 0.6) is 0 Å². The second kappa shape index (κ2) is 7.55. The van der Waals surface area contributed by atoms with Gasteiger partial charge in [-0.3, -0.25) is 4.79 Å². The highest BCUT2D eigenvalue weighted by Gasteiger charge is 2.62. The molecule has 1 amide bonds. The number of nitrogens with two attached hydrogens (primary N) is 1. The number of fused-ring (bicyclic) bond motifs is 5. The number of aliphatic hydroxyl groups is 1. The van der Waals surface area contributed by atoms with E-state index in [1.54, 1.807) is 6.92 Å². The number of hydrogen-bond acceptors (Lipinski definition) is 4. The van der Waals surface area contributed by atoms with E-state index in [-0.39, 0.29) is 17.4 Å². The predicted octanol–water partition coefficient (Wildman–Crippen LogP) is 4.31. The van der Waals surface area contributed by atoms with E-state index < -0.39 is 6.09 Å². The summed E-state index contributed by atoms with van der Waals surface area (Å²) >= 11 is 0. The number of hydrogen-bond donors (Lipinski definition) is 2. The van der Waals surface area contributed by atoms with E-state index >= 15 is 0 Å². The Morgan fingerprint density at radius 3 is 2.45 bits per heavy atom. The summed E-state index contributed by atoms with van der Waals surface area (Å²) in [7, 11) is 0. The summed E-state index contributed by atoms with van der Waals surface area (Å²) in [5, 5.41) is 10.2. The molecule has 0 radical (unpaired) electrons. The average Bonchev–Trinajstić information content (AvgIpc) is 2.94. The van der Waals surface area contributed by atoms with Crippen LogP contribution < -0.4 is 5.73 Å². The molecule has 5 heteroatoms. The maximum Gasteiger partial charge on any atom is 0.404 e. The van der Waals surface area contributed by atoms with Crippen LogP contribution in [-0.4, -0.2) is 29.7 Å². The van der Waals surface area contributed by atoms with E-state index in [1.807, 2.05) is 0 Å². The van der Waals surface area contributed by atoms with Crippen LogP contribution in [0.15, 0.2) is 0 Å². The Morgan fingerprint density at radius 1 is 1.03 bits per heavy atom. The van der Waals surface area contributed by atoms with Crippen LogP contribution in [-0.2, 0) is 9.53 Å². The van der Waals surface area contributed by atoms with Gasteiger partial charge in [-0.15, -0.1) is 0 Å². The number of rotatable bonds is 4. The quantitative estimate of drug-likeness (QED) is 0.729. The minimum Gasteiger partial charge on any atom is -0.450 e. The second-order valence-corrected chi connectivity index (χ2v) is 11.2. The topological polar surface area (TPSA) is 89.6 Å². The maximum absolute atomic E-state index is 12.7. The monoisotopic (exact) mass is 405 g/mol. The average molecular weight is 406 g/mol. The first-order chi connectivity index (χ1) is 13.7. The number of ketones is 1. The Balaban J connectivity index is 1.56. The molecule has 0 aromatic heterocycles. The first-order valence-electron chi connectivity index (χ1n) is 11.8. The highest BCUT2D eigenvalue weighted by Crippen LogP contribution is 2.68. The van der Waals surface area contributed by atoms with Crippen molar-refractivity contribution in [3.8, 4) is 0 Å². The number of primary amides is 1. The summed E-state index contributed by atoms with van der Waals surface area (Å²) in [6, 6.07) is 0. The van der Waals surface area contributed by atoms with Crippen LogP contribution >= 0.6 is 0 Å². The summed E-state index contributed by atoms with van der Waals surface area (Å²) < 4.78 is 5.03. The Kier molecular flexibility index (Phi) is 5.50. The van der Waals surface area contributed by atoms with E-state index in [9.17, 15) is 14.7 Å². The molecule has 0 saturated heterocycles. The van der Waals surface area contributed by atoms with Crippen LogP contribution in [0.3, 0.4) is 0 Å². The number of Topliss-reactive ketones (excluding diaryl/α,β-unsaturated/α-hetero) is 1. The van der Waals surface area contributed by atoms with Crippen LogP contribution in [0.25, 0.3) is 0 Å². The van der Waals surface area contributed by atoms with Crippen molar-refractivity contribution in [3.63, 3.8) is 0 Å². The minimum atomic E-state index is -0.725. The molecule has 9 atom stereocenters. The number of carbonyl (C=O) groups excluding carboxylic acids is 2. The molecular weight excluding hydrogens is 366 g/mol. The lowest BCUT2D eigenvalue weighted by molar-refractivity contribution is -0.139. The van der Waals surface area contributed by atoms with Gasteiger partial charge in [-0.05, 0) is 105 Å². The van der Waals surface area contributed by atoms with E-state index in [0.717, 1.165) is 44.4 Å². The number of carbonyl (C=O) groups is 2. The molecule has 5 nitrogen and oxygen atoms in total. The summed E-state index contributed by atoms with van der Waals surface area (Å²) in [4.78, 5) is 23.7. The fraction of sp³-hybridized carbons (Fsp3) is 0.917. The third-order valence-corrected chi connectivity index (χ3v) is 9.99. The highest BCUT2D eigenvalue weighted by molar-refractivity contribution is 5.80. The van der Waals surface area contributed by atoms with Gasteiger partial charge in [-0.25, -0.2) is 4.79 Å². The molecule has 4 saturated carbocycles. The molecule has 4 rings (SSSR count). The molecule has 4 fully saturated rings. The summed E-state index contributed by atoms with van der Waals surface area (Å²) in [5.41, 5.74) is 5.56. The highest BCUT2D eigenvalue weighted by atomic mass is 16.5. The Labute approximate surface area is 175 Å². The van der Waals surface area contributed by atoms with Crippen molar-refractivity contribution < 1.29 is 19.4 Å². The Bertz CT molecular complexity index is 665. The van der Waals surface area contributed by atoms with Gasteiger partial charge < -0.3 is 15.6 Å². The summed E-state index contributed by atoms with van der Waals surface area (Å²) in [6.45, 7) is 6.94. The van der Waals surface area contributed by atoms with E-state index in [4.69, 9.17) is 10.5 Å². The fourth-order valence-corrected chi connectivity index (χ4v) is 8.81.